The Hall–Kier alpha value is -8.35. The number of nitrogens with one attached hydrogen (secondary N) is 3. The third kappa shape index (κ3) is 13.1. The van der Waals surface area contributed by atoms with Gasteiger partial charge in [-0.15, -0.1) is 10.2 Å². The summed E-state index contributed by atoms with van der Waals surface area (Å²) >= 11 is 0. The largest absolute Gasteiger partial charge is 1.00 e. The number of rotatable bonds is 14. The van der Waals surface area contributed by atoms with Crippen LogP contribution in [0.3, 0.4) is 0 Å². The molecule has 0 saturated carbocycles. The molecule has 2 aliphatic heterocycles. The van der Waals surface area contributed by atoms with E-state index < -0.39 is 23.9 Å². The van der Waals surface area contributed by atoms with Crippen molar-refractivity contribution in [2.75, 3.05) is 37.8 Å². The van der Waals surface area contributed by atoms with Crippen LogP contribution in [0, 0.1) is 0 Å². The van der Waals surface area contributed by atoms with Crippen molar-refractivity contribution < 1.29 is 54.8 Å². The van der Waals surface area contributed by atoms with E-state index in [9.17, 15) is 24.0 Å². The van der Waals surface area contributed by atoms with Gasteiger partial charge >= 0.3 is 29.6 Å². The number of hydrogen-bond acceptors (Lipinski definition) is 15. The fourth-order valence-corrected chi connectivity index (χ4v) is 10.4. The molecule has 4 aromatic carbocycles. The van der Waals surface area contributed by atoms with Crippen molar-refractivity contribution in [3.63, 3.8) is 0 Å². The topological polar surface area (TPSA) is 288 Å². The molecule has 0 unspecified atom stereocenters. The van der Waals surface area contributed by atoms with E-state index in [0.717, 1.165) is 50.0 Å². The van der Waals surface area contributed by atoms with Crippen LogP contribution in [-0.2, 0) is 16.0 Å². The van der Waals surface area contributed by atoms with E-state index in [1.54, 1.807) is 84.8 Å². The summed E-state index contributed by atoms with van der Waals surface area (Å²) in [7, 11) is 0. The van der Waals surface area contributed by atoms with E-state index in [-0.39, 0.29) is 79.4 Å². The van der Waals surface area contributed by atoms with Crippen LogP contribution >= 0.6 is 0 Å². The number of para-hydroxylation sites is 2. The molecule has 419 valence electrons. The van der Waals surface area contributed by atoms with Gasteiger partial charge in [-0.25, -0.2) is 19.0 Å². The van der Waals surface area contributed by atoms with Crippen LogP contribution < -0.4 is 73.8 Å². The fourth-order valence-electron chi connectivity index (χ4n) is 10.4. The average Bonchev–Trinajstić information content (AvgIpc) is 3.72. The van der Waals surface area contributed by atoms with Crippen LogP contribution in [0.2, 0.25) is 0 Å². The molecule has 0 bridgehead atoms. The van der Waals surface area contributed by atoms with Crippen molar-refractivity contribution >= 4 is 71.0 Å². The first-order valence-corrected chi connectivity index (χ1v) is 26.8. The number of carbonyl (C=O) groups is 3. The van der Waals surface area contributed by atoms with Gasteiger partial charge < -0.3 is 44.1 Å². The van der Waals surface area contributed by atoms with Crippen molar-refractivity contribution in [3.05, 3.63) is 200 Å². The molecule has 23 heteroatoms. The number of nitrogen functional groups attached to an aromatic ring is 2. The van der Waals surface area contributed by atoms with Gasteiger partial charge in [0, 0.05) is 94.4 Å². The van der Waals surface area contributed by atoms with Gasteiger partial charge in [-0.1, -0.05) is 72.8 Å². The number of nitrogens with zero attached hydrogens (tertiary/aromatic N) is 8. The third-order valence-corrected chi connectivity index (χ3v) is 14.3. The first-order chi connectivity index (χ1) is 39.4. The zero-order valence-corrected chi connectivity index (χ0v) is 48.4. The molecule has 2 fully saturated rings. The van der Waals surface area contributed by atoms with E-state index >= 15 is 0 Å². The number of aromatic nitrogens is 8. The maximum Gasteiger partial charge on any atom is 1.00 e. The number of pyridine rings is 2. The number of carbonyl (C=O) groups excluding carboxylic acids is 3. The van der Waals surface area contributed by atoms with Crippen LogP contribution in [0.25, 0.3) is 44.2 Å². The van der Waals surface area contributed by atoms with Crippen molar-refractivity contribution in [1.82, 2.24) is 54.3 Å². The Morgan fingerprint density at radius 2 is 1.16 bits per heavy atom. The minimum atomic E-state index is -0.595. The number of hydrogen-bond donors (Lipinski definition) is 6. The SMILES string of the molecule is C[C@H](NC(=O)c1c(N)nn2cccnc12)c1cc2cccc(C=O)c2c(=O)n1-c1ccccc1.C[C@H](NC(=O)c1c(N)nn2cccnc12)c1cc2cccc(CNC[C@H]3CCCO3)c2c(=O)n1-c1ccccc1.NC[C@H]1CCCO1.[B].[H-].[Na+]. The number of anilines is 2. The van der Waals surface area contributed by atoms with Gasteiger partial charge in [-0.05, 0) is 104 Å². The maximum absolute atomic E-state index is 14.2. The average molecular weight is 1130 g/mol. The normalized spacial score (nSPS) is 15.3. The molecular weight excluding hydrogens is 1060 g/mol. The summed E-state index contributed by atoms with van der Waals surface area (Å²) in [5, 5.41) is 20.1. The molecule has 0 spiro atoms. The molecule has 6 aromatic heterocycles. The molecule has 2 saturated heterocycles. The van der Waals surface area contributed by atoms with Gasteiger partial charge in [0.05, 0.1) is 35.1 Å². The number of amides is 2. The summed E-state index contributed by atoms with van der Waals surface area (Å²) in [4.78, 5) is 74.5. The van der Waals surface area contributed by atoms with E-state index in [4.69, 9.17) is 26.7 Å². The predicted molar refractivity (Wildman–Crippen MR) is 317 cm³/mol. The Morgan fingerprint density at radius 3 is 1.63 bits per heavy atom. The summed E-state index contributed by atoms with van der Waals surface area (Å²) in [5.41, 5.74) is 21.7. The molecule has 83 heavy (non-hydrogen) atoms. The molecule has 21 nitrogen and oxygen atoms in total. The Balaban J connectivity index is 0.000000211. The Bertz CT molecular complexity index is 4040. The monoisotopic (exact) mass is 1130 g/mol. The minimum absolute atomic E-state index is 0. The molecule has 2 amide bonds. The van der Waals surface area contributed by atoms with Gasteiger partial charge in [-0.3, -0.25) is 33.1 Å². The molecule has 10 aromatic rings. The van der Waals surface area contributed by atoms with Crippen molar-refractivity contribution in [1.29, 1.82) is 0 Å². The maximum atomic E-state index is 14.2. The molecule has 8 heterocycles. The quantitative estimate of drug-likeness (QED) is 0.0674. The van der Waals surface area contributed by atoms with Gasteiger partial charge in [0.1, 0.15) is 11.1 Å². The number of ether oxygens (including phenoxy) is 2. The molecule has 12 rings (SSSR count). The third-order valence-electron chi connectivity index (χ3n) is 14.3. The van der Waals surface area contributed by atoms with Crippen molar-refractivity contribution in [2.45, 2.75) is 70.4 Å². The van der Waals surface area contributed by atoms with E-state index in [1.165, 1.54) is 20.0 Å². The first-order valence-electron chi connectivity index (χ1n) is 26.8. The fraction of sp³-hybridized carbons (Fsp3) is 0.250. The van der Waals surface area contributed by atoms with E-state index in [2.05, 4.69) is 36.1 Å². The first kappa shape index (κ1) is 60.7. The van der Waals surface area contributed by atoms with Crippen molar-refractivity contribution in [2.24, 2.45) is 5.73 Å². The zero-order chi connectivity index (χ0) is 56.6. The Labute approximate surface area is 502 Å². The molecule has 0 aliphatic carbocycles. The standard InChI is InChI=1S/C30H31N7O3.C25H20N6O3.C5H11NO.B.Na.H/c1-19(34-29(38)26-27(31)35-36-14-7-13-33-28(26)36)24-16-20-8-5-9-21(17-32-18-23-12-6-15-40-23)25(20)30(39)37(24)22-10-3-2-4-11-22;1-15(28-24(33)21-22(26)29-30-12-6-11-27-23(21)30)19-13-16-7-5-8-17(14-32)20(16)25(34)31(19)18-9-3-2-4-10-18;6-4-5-2-1-3-7-5;;;/h2-5,7-11,13-14,16,19,23,32H,6,12,15,17-18H2,1H3,(H2,31,35)(H,34,38);2-15H,1H3,(H2,26,29)(H,28,33);5H,1-4,6H2;;;/q;;;;+1;-1/t19-,23+;15-;5-;;;/m001.../s1. The second kappa shape index (κ2) is 27.6. The van der Waals surface area contributed by atoms with Crippen LogP contribution in [0.5, 0.6) is 0 Å². The predicted octanol–water partition coefficient (Wildman–Crippen LogP) is 3.15. The molecule has 9 N–H and O–H groups in total. The van der Waals surface area contributed by atoms with Gasteiger partial charge in [0.2, 0.25) is 0 Å². The molecule has 4 atom stereocenters. The minimum Gasteiger partial charge on any atom is -1.00 e. The smallest absolute Gasteiger partial charge is 1.00 e. The van der Waals surface area contributed by atoms with Gasteiger partial charge in [0.25, 0.3) is 22.9 Å². The van der Waals surface area contributed by atoms with Gasteiger partial charge in [-0.2, -0.15) is 0 Å². The second-order valence-electron chi connectivity index (χ2n) is 19.7. The van der Waals surface area contributed by atoms with Crippen LogP contribution in [0.1, 0.15) is 101 Å². The Kier molecular flexibility index (Phi) is 20.2. The van der Waals surface area contributed by atoms with Crippen LogP contribution in [0.4, 0.5) is 11.6 Å². The summed E-state index contributed by atoms with van der Waals surface area (Å²) in [5.74, 6) is -0.745. The number of aldehydes is 1. The molecular formula is C60H63BN14NaO7. The van der Waals surface area contributed by atoms with Crippen molar-refractivity contribution in [3.8, 4) is 11.4 Å². The summed E-state index contributed by atoms with van der Waals surface area (Å²) in [6, 6.07) is 35.5. The molecule has 2 aliphatic rings. The number of benzene rings is 4. The van der Waals surface area contributed by atoms with Crippen LogP contribution in [0.15, 0.2) is 156 Å². The summed E-state index contributed by atoms with van der Waals surface area (Å²) in [6.45, 7) is 7.33. The van der Waals surface area contributed by atoms with E-state index in [0.29, 0.717) is 81.3 Å². The summed E-state index contributed by atoms with van der Waals surface area (Å²) in [6.07, 6.45) is 12.2. The number of fused-ring (bicyclic) bond motifs is 4. The van der Waals surface area contributed by atoms with E-state index in [1.807, 2.05) is 79.7 Å². The second-order valence-corrected chi connectivity index (χ2v) is 19.7. The van der Waals surface area contributed by atoms with Gasteiger partial charge in [0.15, 0.2) is 29.2 Å². The van der Waals surface area contributed by atoms with Crippen LogP contribution in [-0.4, -0.2) is 103 Å². The number of nitrogens with two attached hydrogens (primary N) is 3. The molecule has 3 radical (unpaired) electrons. The zero-order valence-electron chi connectivity index (χ0n) is 47.4. The summed E-state index contributed by atoms with van der Waals surface area (Å²) < 4.78 is 17.0. The Morgan fingerprint density at radius 1 is 0.675 bits per heavy atom.